The lowest BCUT2D eigenvalue weighted by Crippen LogP contribution is -2.30. The van der Waals surface area contributed by atoms with E-state index in [0.717, 1.165) is 11.3 Å². The number of hydrogen-bond donors (Lipinski definition) is 1. The van der Waals surface area contributed by atoms with E-state index in [1.807, 2.05) is 31.2 Å². The van der Waals surface area contributed by atoms with Crippen LogP contribution in [-0.2, 0) is 11.8 Å². The van der Waals surface area contributed by atoms with Crippen LogP contribution < -0.4 is 5.32 Å². The molecule has 0 aliphatic rings. The topological polar surface area (TPSA) is 72.7 Å². The van der Waals surface area contributed by atoms with Crippen molar-refractivity contribution in [1.82, 2.24) is 20.2 Å². The molecule has 1 unspecified atom stereocenters. The number of amides is 1. The average molecular weight is 287 g/mol. The number of aromatic nitrogens is 4. The van der Waals surface area contributed by atoms with Gasteiger partial charge in [0.25, 0.3) is 0 Å². The second kappa shape index (κ2) is 5.63. The Morgan fingerprint density at radius 1 is 1.33 bits per heavy atom. The lowest BCUT2D eigenvalue weighted by molar-refractivity contribution is -0.122. The van der Waals surface area contributed by atoms with Crippen LogP contribution in [0.15, 0.2) is 24.3 Å². The first-order valence-electron chi connectivity index (χ1n) is 6.92. The maximum Gasteiger partial charge on any atom is 0.227 e. The Labute approximate surface area is 124 Å². The fraction of sp³-hybridized carbons (Fsp3) is 0.467. The number of hydrogen-bond acceptors (Lipinski definition) is 4. The Bertz CT molecular complexity index is 642. The zero-order chi connectivity index (χ0) is 15.6. The fourth-order valence-corrected chi connectivity index (χ4v) is 1.85. The van der Waals surface area contributed by atoms with Crippen molar-refractivity contribution < 1.29 is 4.79 Å². The monoisotopic (exact) mass is 287 g/mol. The van der Waals surface area contributed by atoms with Gasteiger partial charge in [0.15, 0.2) is 5.82 Å². The van der Waals surface area contributed by atoms with Gasteiger partial charge >= 0.3 is 0 Å². The van der Waals surface area contributed by atoms with Crippen LogP contribution in [0.1, 0.15) is 27.7 Å². The zero-order valence-corrected chi connectivity index (χ0v) is 13.1. The molecule has 1 aromatic heterocycles. The Morgan fingerprint density at radius 3 is 2.62 bits per heavy atom. The first kappa shape index (κ1) is 15.2. The molecular weight excluding hydrogens is 266 g/mol. The highest BCUT2D eigenvalue weighted by Crippen LogP contribution is 2.27. The van der Waals surface area contributed by atoms with Crippen LogP contribution in [0.3, 0.4) is 0 Å². The highest BCUT2D eigenvalue weighted by Gasteiger charge is 2.26. The molecule has 0 saturated heterocycles. The summed E-state index contributed by atoms with van der Waals surface area (Å²) < 4.78 is 1.60. The molecule has 112 valence electrons. The predicted octanol–water partition coefficient (Wildman–Crippen LogP) is 2.50. The highest BCUT2D eigenvalue weighted by molar-refractivity contribution is 5.93. The van der Waals surface area contributed by atoms with E-state index < -0.39 is 0 Å². The minimum atomic E-state index is -0.0855. The summed E-state index contributed by atoms with van der Waals surface area (Å²) in [5, 5.41) is 14.4. The summed E-state index contributed by atoms with van der Waals surface area (Å²) in [6.45, 7) is 8.10. The number of aryl methyl sites for hydroxylation is 1. The Balaban J connectivity index is 2.19. The van der Waals surface area contributed by atoms with Crippen LogP contribution >= 0.6 is 0 Å². The SMILES string of the molecule is CC(C(=O)Nc1cccc(-c2nnnn2C)c1)C(C)(C)C. The van der Waals surface area contributed by atoms with Gasteiger partial charge in [-0.1, -0.05) is 39.8 Å². The molecule has 1 N–H and O–H groups in total. The summed E-state index contributed by atoms with van der Waals surface area (Å²) in [5.74, 6) is 0.586. The van der Waals surface area contributed by atoms with Crippen molar-refractivity contribution in [2.45, 2.75) is 27.7 Å². The predicted molar refractivity (Wildman–Crippen MR) is 81.5 cm³/mol. The molecule has 0 spiro atoms. The molecule has 0 aliphatic heterocycles. The van der Waals surface area contributed by atoms with Crippen LogP contribution in [0, 0.1) is 11.3 Å². The molecular formula is C15H21N5O. The summed E-state index contributed by atoms with van der Waals surface area (Å²) in [6.07, 6.45) is 0. The van der Waals surface area contributed by atoms with E-state index in [9.17, 15) is 4.79 Å². The van der Waals surface area contributed by atoms with Gasteiger partial charge in [0.2, 0.25) is 5.91 Å². The van der Waals surface area contributed by atoms with Gasteiger partial charge in [-0.2, -0.15) is 0 Å². The molecule has 0 bridgehead atoms. The molecule has 6 heteroatoms. The number of carbonyl (C=O) groups is 1. The van der Waals surface area contributed by atoms with Crippen LogP contribution in [0.2, 0.25) is 0 Å². The third-order valence-corrected chi connectivity index (χ3v) is 3.70. The van der Waals surface area contributed by atoms with Gasteiger partial charge in [-0.05, 0) is 28.0 Å². The lowest BCUT2D eigenvalue weighted by Gasteiger charge is -2.26. The quantitative estimate of drug-likeness (QED) is 0.941. The summed E-state index contributed by atoms with van der Waals surface area (Å²) >= 11 is 0. The van der Waals surface area contributed by atoms with Crippen molar-refractivity contribution >= 4 is 11.6 Å². The van der Waals surface area contributed by atoms with Gasteiger partial charge in [0.1, 0.15) is 0 Å². The molecule has 1 aromatic carbocycles. The molecule has 2 rings (SSSR count). The number of anilines is 1. The van der Waals surface area contributed by atoms with Crippen molar-refractivity contribution in [3.8, 4) is 11.4 Å². The van der Waals surface area contributed by atoms with Gasteiger partial charge in [0.05, 0.1) is 0 Å². The normalized spacial score (nSPS) is 13.0. The van der Waals surface area contributed by atoms with Crippen molar-refractivity contribution in [3.63, 3.8) is 0 Å². The number of rotatable bonds is 3. The highest BCUT2D eigenvalue weighted by atomic mass is 16.1. The summed E-state index contributed by atoms with van der Waals surface area (Å²) in [6, 6.07) is 7.52. The Morgan fingerprint density at radius 2 is 2.05 bits per heavy atom. The second-order valence-corrected chi connectivity index (χ2v) is 6.28. The largest absolute Gasteiger partial charge is 0.326 e. The van der Waals surface area contributed by atoms with Crippen LogP contribution in [0.5, 0.6) is 0 Å². The molecule has 1 heterocycles. The van der Waals surface area contributed by atoms with Gasteiger partial charge < -0.3 is 5.32 Å². The van der Waals surface area contributed by atoms with Crippen LogP contribution in [-0.4, -0.2) is 26.1 Å². The maximum absolute atomic E-state index is 12.3. The summed E-state index contributed by atoms with van der Waals surface area (Å²) in [7, 11) is 1.78. The van der Waals surface area contributed by atoms with Gasteiger partial charge in [-0.25, -0.2) is 4.68 Å². The van der Waals surface area contributed by atoms with Crippen molar-refractivity contribution in [3.05, 3.63) is 24.3 Å². The average Bonchev–Trinajstić information content (AvgIpc) is 2.83. The molecule has 1 atom stereocenters. The first-order valence-corrected chi connectivity index (χ1v) is 6.92. The van der Waals surface area contributed by atoms with E-state index >= 15 is 0 Å². The van der Waals surface area contributed by atoms with Crippen LogP contribution in [0.25, 0.3) is 11.4 Å². The van der Waals surface area contributed by atoms with Crippen LogP contribution in [0.4, 0.5) is 5.69 Å². The third kappa shape index (κ3) is 3.45. The second-order valence-electron chi connectivity index (χ2n) is 6.28. The van der Waals surface area contributed by atoms with E-state index in [4.69, 9.17) is 0 Å². The van der Waals surface area contributed by atoms with Gasteiger partial charge in [0, 0.05) is 24.2 Å². The number of nitrogens with zero attached hydrogens (tertiary/aromatic N) is 4. The lowest BCUT2D eigenvalue weighted by atomic mass is 9.81. The molecule has 0 radical (unpaired) electrons. The van der Waals surface area contributed by atoms with E-state index in [0.29, 0.717) is 5.82 Å². The Hall–Kier alpha value is -2.24. The number of carbonyl (C=O) groups excluding carboxylic acids is 1. The minimum Gasteiger partial charge on any atom is -0.326 e. The van der Waals surface area contributed by atoms with Crippen molar-refractivity contribution in [2.24, 2.45) is 18.4 Å². The summed E-state index contributed by atoms with van der Waals surface area (Å²) in [5.41, 5.74) is 1.54. The standard InChI is InChI=1S/C15H21N5O/c1-10(15(2,3)4)14(21)16-12-8-6-7-11(9-12)13-17-18-19-20(13)5/h6-10H,1-5H3,(H,16,21). The minimum absolute atomic E-state index is 0.00994. The number of nitrogens with one attached hydrogen (secondary N) is 1. The molecule has 2 aromatic rings. The van der Waals surface area contributed by atoms with Gasteiger partial charge in [-0.15, -0.1) is 5.10 Å². The molecule has 21 heavy (non-hydrogen) atoms. The third-order valence-electron chi connectivity index (χ3n) is 3.70. The molecule has 0 aliphatic carbocycles. The molecule has 0 fully saturated rings. The number of tetrazole rings is 1. The molecule has 1 amide bonds. The Kier molecular flexibility index (Phi) is 4.06. The fourth-order valence-electron chi connectivity index (χ4n) is 1.85. The van der Waals surface area contributed by atoms with Gasteiger partial charge in [-0.3, -0.25) is 4.79 Å². The smallest absolute Gasteiger partial charge is 0.227 e. The molecule has 6 nitrogen and oxygen atoms in total. The van der Waals surface area contributed by atoms with E-state index in [-0.39, 0.29) is 17.2 Å². The van der Waals surface area contributed by atoms with E-state index in [2.05, 4.69) is 41.6 Å². The number of benzene rings is 1. The first-order chi connectivity index (χ1) is 9.79. The van der Waals surface area contributed by atoms with Crippen molar-refractivity contribution in [1.29, 1.82) is 0 Å². The maximum atomic E-state index is 12.3. The zero-order valence-electron chi connectivity index (χ0n) is 13.1. The van der Waals surface area contributed by atoms with Crippen molar-refractivity contribution in [2.75, 3.05) is 5.32 Å². The summed E-state index contributed by atoms with van der Waals surface area (Å²) in [4.78, 5) is 12.3. The van der Waals surface area contributed by atoms with E-state index in [1.54, 1.807) is 11.7 Å². The molecule has 0 saturated carbocycles. The van der Waals surface area contributed by atoms with E-state index in [1.165, 1.54) is 0 Å².